The quantitative estimate of drug-likeness (QED) is 0.803. The van der Waals surface area contributed by atoms with E-state index in [0.717, 1.165) is 0 Å². The molecule has 0 saturated heterocycles. The Labute approximate surface area is 138 Å². The van der Waals surface area contributed by atoms with Gasteiger partial charge in [0.1, 0.15) is 5.82 Å². The number of aromatic nitrogens is 3. The molecule has 10 heteroatoms. The Kier molecular flexibility index (Phi) is 4.73. The Morgan fingerprint density at radius 1 is 1.21 bits per heavy atom. The summed E-state index contributed by atoms with van der Waals surface area (Å²) in [5.41, 5.74) is -3.69. The molecule has 3 atom stereocenters. The summed E-state index contributed by atoms with van der Waals surface area (Å²) >= 11 is 0. The zero-order chi connectivity index (χ0) is 18.5. The van der Waals surface area contributed by atoms with Gasteiger partial charge in [-0.1, -0.05) is 0 Å². The number of aliphatic hydroxyl groups excluding tert-OH is 1. The van der Waals surface area contributed by atoms with Crippen molar-refractivity contribution in [2.45, 2.75) is 71.0 Å². The van der Waals surface area contributed by atoms with E-state index < -0.39 is 35.7 Å². The number of aliphatic hydroxyl groups is 2. The van der Waals surface area contributed by atoms with E-state index in [2.05, 4.69) is 10.2 Å². The molecule has 0 spiro atoms. The van der Waals surface area contributed by atoms with Crippen molar-refractivity contribution in [3.63, 3.8) is 0 Å². The van der Waals surface area contributed by atoms with Gasteiger partial charge in [0.05, 0.1) is 12.1 Å². The first-order valence-electron chi connectivity index (χ1n) is 7.57. The number of fused-ring (bicyclic) bond motifs is 1. The van der Waals surface area contributed by atoms with E-state index in [1.165, 1.54) is 4.57 Å². The molecule has 2 unspecified atom stereocenters. The van der Waals surface area contributed by atoms with Gasteiger partial charge in [0.15, 0.2) is 5.82 Å². The van der Waals surface area contributed by atoms with Gasteiger partial charge in [-0.2, -0.15) is 13.2 Å². The van der Waals surface area contributed by atoms with Crippen LogP contribution < -0.4 is 0 Å². The first-order valence-corrected chi connectivity index (χ1v) is 7.57. The fourth-order valence-electron chi connectivity index (χ4n) is 2.58. The third kappa shape index (κ3) is 3.56. The highest BCUT2D eigenvalue weighted by Gasteiger charge is 2.55. The van der Waals surface area contributed by atoms with Gasteiger partial charge in [-0.05, 0) is 34.6 Å². The zero-order valence-corrected chi connectivity index (χ0v) is 14.3. The van der Waals surface area contributed by atoms with Crippen LogP contribution in [0.5, 0.6) is 0 Å². The first-order chi connectivity index (χ1) is 10.7. The summed E-state index contributed by atoms with van der Waals surface area (Å²) in [6, 6.07) is -0.481. The van der Waals surface area contributed by atoms with Gasteiger partial charge in [-0.15, -0.1) is 10.2 Å². The van der Waals surface area contributed by atoms with Crippen LogP contribution in [-0.4, -0.2) is 54.6 Å². The van der Waals surface area contributed by atoms with Crippen LogP contribution >= 0.6 is 0 Å². The van der Waals surface area contributed by atoms with Crippen molar-refractivity contribution in [2.24, 2.45) is 0 Å². The van der Waals surface area contributed by atoms with Gasteiger partial charge in [-0.3, -0.25) is 0 Å². The molecule has 0 bridgehead atoms. The Hall–Kier alpha value is -1.23. The van der Waals surface area contributed by atoms with Gasteiger partial charge >= 0.3 is 6.18 Å². The van der Waals surface area contributed by atoms with Gasteiger partial charge in [0, 0.05) is 12.6 Å². The molecule has 138 valence electrons. The molecule has 1 aliphatic rings. The van der Waals surface area contributed by atoms with Crippen LogP contribution in [0.2, 0.25) is 0 Å². The lowest BCUT2D eigenvalue weighted by molar-refractivity contribution is -0.264. The van der Waals surface area contributed by atoms with Crippen LogP contribution in [0.4, 0.5) is 13.2 Å². The summed E-state index contributed by atoms with van der Waals surface area (Å²) in [5, 5.41) is 27.4. The van der Waals surface area contributed by atoms with Crippen LogP contribution in [0.3, 0.4) is 0 Å². The van der Waals surface area contributed by atoms with Crippen LogP contribution in [0.25, 0.3) is 0 Å². The summed E-state index contributed by atoms with van der Waals surface area (Å²) in [7, 11) is 0. The maximum absolute atomic E-state index is 13.1. The molecule has 2 N–H and O–H groups in total. The number of hydrogen-bond acceptors (Lipinski definition) is 6. The van der Waals surface area contributed by atoms with E-state index in [-0.39, 0.29) is 18.9 Å². The number of hydrogen-bond donors (Lipinski definition) is 2. The minimum Gasteiger partial charge on any atom is -0.374 e. The van der Waals surface area contributed by atoms with Crippen LogP contribution in [0, 0.1) is 0 Å². The highest BCUT2D eigenvalue weighted by molar-refractivity contribution is 5.11. The minimum atomic E-state index is -4.87. The lowest BCUT2D eigenvalue weighted by Gasteiger charge is -2.38. The number of ether oxygens (including phenoxy) is 1. The molecule has 2 rings (SSSR count). The molecular formula is C14H23F3N4O3. The van der Waals surface area contributed by atoms with Crippen molar-refractivity contribution < 1.29 is 28.1 Å². The molecule has 0 aromatic carbocycles. The van der Waals surface area contributed by atoms with Crippen molar-refractivity contribution >= 4 is 0 Å². The normalized spacial score (nSPS) is 23.7. The van der Waals surface area contributed by atoms with E-state index in [9.17, 15) is 23.4 Å². The Morgan fingerprint density at radius 2 is 1.79 bits per heavy atom. The minimum absolute atomic E-state index is 0.0581. The summed E-state index contributed by atoms with van der Waals surface area (Å²) in [6.07, 6.45) is -6.09. The molecule has 2 heterocycles. The SMILES string of the molecule is C[C@H]1CN(C(O)OC(C)(C)C)Cc2nnc(C(C)(O)C(F)(F)F)n21. The molecule has 1 aliphatic heterocycles. The highest BCUT2D eigenvalue weighted by Crippen LogP contribution is 2.39. The summed E-state index contributed by atoms with van der Waals surface area (Å²) in [5.74, 6) is -0.326. The molecule has 0 radical (unpaired) electrons. The van der Waals surface area contributed by atoms with Crippen LogP contribution in [0.15, 0.2) is 0 Å². The average Bonchev–Trinajstić information content (AvgIpc) is 2.80. The number of nitrogens with zero attached hydrogens (tertiary/aromatic N) is 4. The Morgan fingerprint density at radius 3 is 2.29 bits per heavy atom. The second kappa shape index (κ2) is 5.94. The molecule has 1 aromatic heterocycles. The molecule has 0 saturated carbocycles. The number of alkyl halides is 3. The second-order valence-corrected chi connectivity index (χ2v) is 7.21. The first kappa shape index (κ1) is 19.1. The van der Waals surface area contributed by atoms with Crippen molar-refractivity contribution in [3.8, 4) is 0 Å². The zero-order valence-electron chi connectivity index (χ0n) is 14.3. The molecule has 7 nitrogen and oxygen atoms in total. The Balaban J connectivity index is 2.29. The van der Waals surface area contributed by atoms with Crippen LogP contribution in [-0.2, 0) is 16.9 Å². The third-order valence-corrected chi connectivity index (χ3v) is 3.81. The standard InChI is InChI=1S/C14H23F3N4O3/c1-8-6-20(11(22)24-12(2,3)4)7-9-18-19-10(21(8)9)13(5,23)14(15,16)17/h8,11,22-23H,6-7H2,1-5H3/t8-,11?,13?/m0/s1. The van der Waals surface area contributed by atoms with E-state index in [4.69, 9.17) is 4.74 Å². The summed E-state index contributed by atoms with van der Waals surface area (Å²) in [4.78, 5) is 1.55. The van der Waals surface area contributed by atoms with Gasteiger partial charge in [0.2, 0.25) is 12.0 Å². The lowest BCUT2D eigenvalue weighted by atomic mass is 10.0. The molecule has 0 aliphatic carbocycles. The average molecular weight is 352 g/mol. The third-order valence-electron chi connectivity index (χ3n) is 3.81. The smallest absolute Gasteiger partial charge is 0.374 e. The Bertz CT molecular complexity index is 595. The van der Waals surface area contributed by atoms with Crippen molar-refractivity contribution in [3.05, 3.63) is 11.6 Å². The highest BCUT2D eigenvalue weighted by atomic mass is 19.4. The molecular weight excluding hydrogens is 329 g/mol. The number of halogens is 3. The van der Waals surface area contributed by atoms with E-state index >= 15 is 0 Å². The van der Waals surface area contributed by atoms with Gasteiger partial charge < -0.3 is 19.5 Å². The predicted molar refractivity (Wildman–Crippen MR) is 77.6 cm³/mol. The van der Waals surface area contributed by atoms with Crippen LogP contribution in [0.1, 0.15) is 52.3 Å². The molecule has 0 fully saturated rings. The maximum Gasteiger partial charge on any atom is 0.424 e. The molecule has 0 amide bonds. The molecule has 24 heavy (non-hydrogen) atoms. The predicted octanol–water partition coefficient (Wildman–Crippen LogP) is 1.52. The monoisotopic (exact) mass is 352 g/mol. The van der Waals surface area contributed by atoms with E-state index in [1.807, 2.05) is 0 Å². The topological polar surface area (TPSA) is 83.6 Å². The van der Waals surface area contributed by atoms with Gasteiger partial charge in [0.25, 0.3) is 0 Å². The maximum atomic E-state index is 13.1. The van der Waals surface area contributed by atoms with Crippen molar-refractivity contribution in [1.82, 2.24) is 19.7 Å². The number of rotatable bonds is 3. The van der Waals surface area contributed by atoms with Crippen molar-refractivity contribution in [2.75, 3.05) is 6.54 Å². The summed E-state index contributed by atoms with van der Waals surface area (Å²) < 4.78 is 46.0. The fraction of sp³-hybridized carbons (Fsp3) is 0.857. The van der Waals surface area contributed by atoms with E-state index in [1.54, 1.807) is 32.6 Å². The fourth-order valence-corrected chi connectivity index (χ4v) is 2.58. The second-order valence-electron chi connectivity index (χ2n) is 7.21. The van der Waals surface area contributed by atoms with Gasteiger partial charge in [-0.25, -0.2) is 4.90 Å². The molecule has 1 aromatic rings. The summed E-state index contributed by atoms with van der Waals surface area (Å²) in [6.45, 7) is 7.95. The lowest BCUT2D eigenvalue weighted by Crippen LogP contribution is -2.48. The van der Waals surface area contributed by atoms with E-state index in [0.29, 0.717) is 6.92 Å². The van der Waals surface area contributed by atoms with Crippen molar-refractivity contribution in [1.29, 1.82) is 0 Å². The largest absolute Gasteiger partial charge is 0.424 e.